The fourth-order valence-corrected chi connectivity index (χ4v) is 4.05. The number of fused-ring (bicyclic) bond motifs is 1. The molecule has 2 N–H and O–H groups in total. The van der Waals surface area contributed by atoms with Gasteiger partial charge in [-0.3, -0.25) is 4.40 Å². The molecule has 0 bridgehead atoms. The van der Waals surface area contributed by atoms with E-state index in [1.165, 1.54) is 0 Å². The van der Waals surface area contributed by atoms with Crippen molar-refractivity contribution in [3.8, 4) is 0 Å². The summed E-state index contributed by atoms with van der Waals surface area (Å²) >= 11 is 8.60. The largest absolute Gasteiger partial charge is 0.324 e. The van der Waals surface area contributed by atoms with Gasteiger partial charge in [0, 0.05) is 39.2 Å². The van der Waals surface area contributed by atoms with Gasteiger partial charge < -0.3 is 5.73 Å². The Morgan fingerprint density at radius 1 is 1.26 bits per heavy atom. The van der Waals surface area contributed by atoms with Gasteiger partial charge in [-0.2, -0.15) is 0 Å². The van der Waals surface area contributed by atoms with Crippen molar-refractivity contribution in [1.29, 1.82) is 0 Å². The standard InChI is InChI=1S/C13H11Br2N3S/c14-9-3-8(4-10(15)5-9)12(16)6-11-7-18-1-2-19-13(18)17-11/h1-5,7,12H,6,16H2. The molecule has 2 heterocycles. The van der Waals surface area contributed by atoms with Crippen LogP contribution in [0.2, 0.25) is 0 Å². The maximum absolute atomic E-state index is 6.27. The first-order valence-electron chi connectivity index (χ1n) is 5.74. The van der Waals surface area contributed by atoms with Gasteiger partial charge in [0.2, 0.25) is 0 Å². The van der Waals surface area contributed by atoms with Gasteiger partial charge in [-0.1, -0.05) is 31.9 Å². The number of thiazole rings is 1. The van der Waals surface area contributed by atoms with Crippen molar-refractivity contribution in [1.82, 2.24) is 9.38 Å². The first kappa shape index (κ1) is 13.3. The monoisotopic (exact) mass is 399 g/mol. The molecule has 19 heavy (non-hydrogen) atoms. The lowest BCUT2D eigenvalue weighted by Crippen LogP contribution is -2.13. The van der Waals surface area contributed by atoms with Gasteiger partial charge in [0.1, 0.15) is 0 Å². The van der Waals surface area contributed by atoms with Crippen LogP contribution in [0.4, 0.5) is 0 Å². The number of nitrogens with zero attached hydrogens (tertiary/aromatic N) is 2. The SMILES string of the molecule is NC(Cc1cn2ccsc2n1)c1cc(Br)cc(Br)c1. The second kappa shape index (κ2) is 5.36. The molecule has 0 amide bonds. The van der Waals surface area contributed by atoms with Gasteiger partial charge in [-0.05, 0) is 23.8 Å². The van der Waals surface area contributed by atoms with Crippen LogP contribution >= 0.6 is 43.2 Å². The highest BCUT2D eigenvalue weighted by Crippen LogP contribution is 2.25. The summed E-state index contributed by atoms with van der Waals surface area (Å²) in [6, 6.07) is 6.04. The number of benzene rings is 1. The van der Waals surface area contributed by atoms with Crippen molar-refractivity contribution < 1.29 is 0 Å². The van der Waals surface area contributed by atoms with E-state index >= 15 is 0 Å². The molecule has 1 aromatic carbocycles. The fourth-order valence-electron chi connectivity index (χ4n) is 2.01. The zero-order valence-corrected chi connectivity index (χ0v) is 13.9. The fraction of sp³-hybridized carbons (Fsp3) is 0.154. The minimum absolute atomic E-state index is 0.0570. The van der Waals surface area contributed by atoms with Crippen molar-refractivity contribution in [2.24, 2.45) is 5.73 Å². The normalized spacial score (nSPS) is 13.0. The second-order valence-electron chi connectivity index (χ2n) is 4.34. The average Bonchev–Trinajstić information content (AvgIpc) is 2.88. The minimum atomic E-state index is -0.0570. The Balaban J connectivity index is 1.84. The number of rotatable bonds is 3. The Hall–Kier alpha value is -0.690. The lowest BCUT2D eigenvalue weighted by Gasteiger charge is -2.11. The molecule has 0 aliphatic carbocycles. The van der Waals surface area contributed by atoms with Gasteiger partial charge in [0.05, 0.1) is 5.69 Å². The van der Waals surface area contributed by atoms with Gasteiger partial charge in [0.25, 0.3) is 0 Å². The average molecular weight is 401 g/mol. The van der Waals surface area contributed by atoms with Crippen LogP contribution in [0.5, 0.6) is 0 Å². The molecule has 1 atom stereocenters. The number of halogens is 2. The van der Waals surface area contributed by atoms with E-state index in [1.54, 1.807) is 11.3 Å². The van der Waals surface area contributed by atoms with E-state index in [0.29, 0.717) is 0 Å². The van der Waals surface area contributed by atoms with E-state index < -0.39 is 0 Å². The summed E-state index contributed by atoms with van der Waals surface area (Å²) in [6.45, 7) is 0. The van der Waals surface area contributed by atoms with Crippen LogP contribution in [0, 0.1) is 0 Å². The van der Waals surface area contributed by atoms with Gasteiger partial charge in [-0.25, -0.2) is 4.98 Å². The molecule has 3 rings (SSSR count). The molecule has 0 saturated heterocycles. The number of imidazole rings is 1. The zero-order valence-electron chi connectivity index (χ0n) is 9.88. The minimum Gasteiger partial charge on any atom is -0.324 e. The van der Waals surface area contributed by atoms with Crippen LogP contribution in [-0.4, -0.2) is 9.38 Å². The maximum atomic E-state index is 6.27. The first-order valence-corrected chi connectivity index (χ1v) is 8.21. The molecule has 0 aliphatic heterocycles. The number of hydrogen-bond acceptors (Lipinski definition) is 3. The molecule has 98 valence electrons. The van der Waals surface area contributed by atoms with E-state index in [1.807, 2.05) is 40.4 Å². The zero-order chi connectivity index (χ0) is 13.4. The van der Waals surface area contributed by atoms with Crippen molar-refractivity contribution in [3.63, 3.8) is 0 Å². The molecule has 0 fully saturated rings. The molecule has 0 spiro atoms. The Bertz CT molecular complexity index is 671. The van der Waals surface area contributed by atoms with Crippen LogP contribution in [0.1, 0.15) is 17.3 Å². The van der Waals surface area contributed by atoms with E-state index in [0.717, 1.165) is 31.6 Å². The smallest absolute Gasteiger partial charge is 0.193 e. The lowest BCUT2D eigenvalue weighted by molar-refractivity contribution is 0.709. The Morgan fingerprint density at radius 2 is 2.00 bits per heavy atom. The first-order chi connectivity index (χ1) is 9.11. The van der Waals surface area contributed by atoms with Gasteiger partial charge in [0.15, 0.2) is 4.96 Å². The quantitative estimate of drug-likeness (QED) is 0.717. The van der Waals surface area contributed by atoms with Gasteiger partial charge >= 0.3 is 0 Å². The van der Waals surface area contributed by atoms with Crippen molar-refractivity contribution in [3.05, 3.63) is 56.2 Å². The molecule has 1 unspecified atom stereocenters. The molecular formula is C13H11Br2N3S. The lowest BCUT2D eigenvalue weighted by atomic mass is 10.0. The highest BCUT2D eigenvalue weighted by Gasteiger charge is 2.11. The summed E-state index contributed by atoms with van der Waals surface area (Å²) in [5, 5.41) is 2.03. The number of hydrogen-bond donors (Lipinski definition) is 1. The molecule has 3 aromatic rings. The summed E-state index contributed by atoms with van der Waals surface area (Å²) in [6.07, 6.45) is 4.79. The molecule has 3 nitrogen and oxygen atoms in total. The molecular weight excluding hydrogens is 390 g/mol. The van der Waals surface area contributed by atoms with Crippen molar-refractivity contribution in [2.75, 3.05) is 0 Å². The van der Waals surface area contributed by atoms with Crippen LogP contribution in [0.25, 0.3) is 4.96 Å². The third-order valence-corrected chi connectivity index (χ3v) is 4.57. The third kappa shape index (κ3) is 2.91. The highest BCUT2D eigenvalue weighted by molar-refractivity contribution is 9.11. The summed E-state index contributed by atoms with van der Waals surface area (Å²) in [7, 11) is 0. The van der Waals surface area contributed by atoms with Crippen LogP contribution in [0.15, 0.2) is 44.9 Å². The Morgan fingerprint density at radius 3 is 2.68 bits per heavy atom. The Kier molecular flexibility index (Phi) is 3.75. The predicted octanol–water partition coefficient (Wildman–Crippen LogP) is 4.16. The topological polar surface area (TPSA) is 43.3 Å². The molecule has 0 saturated carbocycles. The van der Waals surface area contributed by atoms with Crippen LogP contribution in [-0.2, 0) is 6.42 Å². The molecule has 2 aromatic heterocycles. The van der Waals surface area contributed by atoms with Crippen molar-refractivity contribution in [2.45, 2.75) is 12.5 Å². The van der Waals surface area contributed by atoms with E-state index in [9.17, 15) is 0 Å². The molecule has 0 aliphatic rings. The van der Waals surface area contributed by atoms with Crippen LogP contribution in [0.3, 0.4) is 0 Å². The maximum Gasteiger partial charge on any atom is 0.193 e. The van der Waals surface area contributed by atoms with Gasteiger partial charge in [-0.15, -0.1) is 11.3 Å². The van der Waals surface area contributed by atoms with Crippen LogP contribution < -0.4 is 5.73 Å². The molecule has 0 radical (unpaired) electrons. The van der Waals surface area contributed by atoms with E-state index in [-0.39, 0.29) is 6.04 Å². The van der Waals surface area contributed by atoms with Crippen molar-refractivity contribution >= 4 is 48.2 Å². The van der Waals surface area contributed by atoms with E-state index in [4.69, 9.17) is 5.73 Å². The Labute approximate surface area is 131 Å². The second-order valence-corrected chi connectivity index (χ2v) is 7.04. The number of nitrogens with two attached hydrogens (primary N) is 1. The summed E-state index contributed by atoms with van der Waals surface area (Å²) < 4.78 is 4.08. The summed E-state index contributed by atoms with van der Waals surface area (Å²) in [5.74, 6) is 0. The summed E-state index contributed by atoms with van der Waals surface area (Å²) in [4.78, 5) is 5.57. The predicted molar refractivity (Wildman–Crippen MR) is 85.5 cm³/mol. The highest BCUT2D eigenvalue weighted by atomic mass is 79.9. The number of aromatic nitrogens is 2. The molecule has 6 heteroatoms. The summed E-state index contributed by atoms with van der Waals surface area (Å²) in [5.41, 5.74) is 8.39. The third-order valence-electron chi connectivity index (χ3n) is 2.89. The van der Waals surface area contributed by atoms with E-state index in [2.05, 4.69) is 36.8 Å².